The number of nitrogens with zero attached hydrogens (tertiary/aromatic N) is 3. The molecule has 0 radical (unpaired) electrons. The third kappa shape index (κ3) is 3.78. The molecule has 8 heteroatoms. The van der Waals surface area contributed by atoms with Gasteiger partial charge in [0.2, 0.25) is 0 Å². The van der Waals surface area contributed by atoms with Gasteiger partial charge in [0, 0.05) is 32.5 Å². The van der Waals surface area contributed by atoms with Crippen molar-refractivity contribution in [3.05, 3.63) is 28.3 Å². The summed E-state index contributed by atoms with van der Waals surface area (Å²) in [7, 11) is 0. The Hall–Kier alpha value is -2.35. The Bertz CT molecular complexity index is 920. The number of aromatic amines is 1. The minimum atomic E-state index is -0.532. The first-order chi connectivity index (χ1) is 13.3. The molecule has 8 nitrogen and oxygen atoms in total. The number of fused-ring (bicyclic) bond motifs is 1. The Labute approximate surface area is 163 Å². The van der Waals surface area contributed by atoms with Crippen molar-refractivity contribution in [1.29, 1.82) is 0 Å². The van der Waals surface area contributed by atoms with Crippen LogP contribution in [0, 0.1) is 0 Å². The summed E-state index contributed by atoms with van der Waals surface area (Å²) in [5, 5.41) is 0. The maximum absolute atomic E-state index is 12.6. The van der Waals surface area contributed by atoms with Crippen LogP contribution in [-0.2, 0) is 9.47 Å². The first-order valence-electron chi connectivity index (χ1n) is 9.97. The Morgan fingerprint density at radius 3 is 2.75 bits per heavy atom. The number of rotatable bonds is 2. The number of aromatic nitrogens is 3. The molecular weight excluding hydrogens is 360 g/mol. The quantitative estimate of drug-likeness (QED) is 0.854. The number of ether oxygens (including phenoxy) is 2. The highest BCUT2D eigenvalue weighted by Gasteiger charge is 2.32. The van der Waals surface area contributed by atoms with Crippen molar-refractivity contribution in [3.63, 3.8) is 0 Å². The summed E-state index contributed by atoms with van der Waals surface area (Å²) in [6.07, 6.45) is 4.19. The van der Waals surface area contributed by atoms with Crippen LogP contribution in [0.3, 0.4) is 0 Å². The van der Waals surface area contributed by atoms with Crippen LogP contribution in [0.5, 0.6) is 0 Å². The van der Waals surface area contributed by atoms with Gasteiger partial charge in [0.25, 0.3) is 0 Å². The van der Waals surface area contributed by atoms with Crippen LogP contribution < -0.4 is 5.69 Å². The van der Waals surface area contributed by atoms with Crippen LogP contribution in [-0.4, -0.2) is 57.4 Å². The van der Waals surface area contributed by atoms with Gasteiger partial charge in [0.15, 0.2) is 5.65 Å². The predicted molar refractivity (Wildman–Crippen MR) is 105 cm³/mol. The Kier molecular flexibility index (Phi) is 4.91. The molecule has 2 saturated heterocycles. The van der Waals surface area contributed by atoms with Crippen molar-refractivity contribution >= 4 is 17.3 Å². The fraction of sp³-hybridized carbons (Fsp3) is 0.650. The number of H-pyrrole nitrogens is 1. The lowest BCUT2D eigenvalue weighted by atomic mass is 9.93. The van der Waals surface area contributed by atoms with Crippen LogP contribution in [0.15, 0.2) is 17.1 Å². The molecule has 1 amide bonds. The van der Waals surface area contributed by atoms with Gasteiger partial charge in [-0.2, -0.15) is 0 Å². The molecule has 2 aliphatic heterocycles. The summed E-state index contributed by atoms with van der Waals surface area (Å²) in [6.45, 7) is 8.12. The number of imidazole rings is 1. The maximum atomic E-state index is 12.6. The Balaban J connectivity index is 1.59. The van der Waals surface area contributed by atoms with Crippen LogP contribution >= 0.6 is 0 Å². The van der Waals surface area contributed by atoms with E-state index in [1.165, 1.54) is 0 Å². The predicted octanol–water partition coefficient (Wildman–Crippen LogP) is 2.80. The monoisotopic (exact) mass is 388 g/mol. The Morgan fingerprint density at radius 1 is 1.29 bits per heavy atom. The van der Waals surface area contributed by atoms with Crippen molar-refractivity contribution < 1.29 is 14.3 Å². The van der Waals surface area contributed by atoms with E-state index in [0.717, 1.165) is 37.1 Å². The second-order valence-corrected chi connectivity index (χ2v) is 8.69. The summed E-state index contributed by atoms with van der Waals surface area (Å²) >= 11 is 0. The van der Waals surface area contributed by atoms with E-state index in [4.69, 9.17) is 9.47 Å². The van der Waals surface area contributed by atoms with Gasteiger partial charge in [-0.3, -0.25) is 9.55 Å². The third-order valence-electron chi connectivity index (χ3n) is 5.47. The fourth-order valence-electron chi connectivity index (χ4n) is 4.08. The van der Waals surface area contributed by atoms with E-state index in [1.807, 2.05) is 27.0 Å². The van der Waals surface area contributed by atoms with Crippen molar-refractivity contribution in [2.75, 3.05) is 26.3 Å². The second kappa shape index (κ2) is 7.24. The van der Waals surface area contributed by atoms with E-state index in [1.54, 1.807) is 9.47 Å². The molecule has 28 heavy (non-hydrogen) atoms. The molecule has 2 aromatic heterocycles. The van der Waals surface area contributed by atoms with Crippen LogP contribution in [0.1, 0.15) is 57.6 Å². The Morgan fingerprint density at radius 2 is 2.04 bits per heavy atom. The topological polar surface area (TPSA) is 89.5 Å². The smallest absolute Gasteiger partial charge is 0.410 e. The molecular formula is C20H28N4O4. The molecule has 0 aliphatic carbocycles. The zero-order valence-corrected chi connectivity index (χ0v) is 16.7. The molecule has 1 N–H and O–H groups in total. The number of carbonyl (C=O) groups is 1. The molecule has 1 atom stereocenters. The van der Waals surface area contributed by atoms with Gasteiger partial charge in [-0.25, -0.2) is 14.6 Å². The first-order valence-corrected chi connectivity index (χ1v) is 9.97. The van der Waals surface area contributed by atoms with E-state index >= 15 is 0 Å². The van der Waals surface area contributed by atoms with Crippen LogP contribution in [0.25, 0.3) is 11.2 Å². The number of likely N-dealkylation sites (tertiary alicyclic amines) is 1. The van der Waals surface area contributed by atoms with E-state index in [-0.39, 0.29) is 17.8 Å². The minimum absolute atomic E-state index is 0.0829. The summed E-state index contributed by atoms with van der Waals surface area (Å²) in [4.78, 5) is 34.0. The van der Waals surface area contributed by atoms with Gasteiger partial charge in [-0.15, -0.1) is 0 Å². The molecule has 0 spiro atoms. The number of carbonyl (C=O) groups excluding carboxylic acids is 1. The maximum Gasteiger partial charge on any atom is 0.410 e. The van der Waals surface area contributed by atoms with Crippen LogP contribution in [0.2, 0.25) is 0 Å². The largest absolute Gasteiger partial charge is 0.444 e. The summed E-state index contributed by atoms with van der Waals surface area (Å²) in [5.41, 5.74) is 1.84. The van der Waals surface area contributed by atoms with Gasteiger partial charge in [0.05, 0.1) is 11.6 Å². The number of nitrogens with one attached hydrogen (secondary N) is 1. The van der Waals surface area contributed by atoms with Gasteiger partial charge < -0.3 is 14.4 Å². The highest BCUT2D eigenvalue weighted by atomic mass is 16.6. The van der Waals surface area contributed by atoms with Gasteiger partial charge in [-0.05, 0) is 57.6 Å². The SMILES string of the molecule is CC(C)(C)OC(=O)N1CC[C@@H](n2c(=O)[nH]c3ncc(C4CCOCC4)cc32)C1. The molecule has 2 aromatic rings. The van der Waals surface area contributed by atoms with Gasteiger partial charge in [-0.1, -0.05) is 0 Å². The van der Waals surface area contributed by atoms with E-state index in [0.29, 0.717) is 31.1 Å². The average molecular weight is 388 g/mol. The first kappa shape index (κ1) is 19.0. The molecule has 4 heterocycles. The standard InChI is InChI=1S/C20H28N4O4/c1-20(2,3)28-19(26)23-7-4-15(12-23)24-16-10-14(13-5-8-27-9-6-13)11-21-17(16)22-18(24)25/h10-11,13,15H,4-9,12H2,1-3H3,(H,21,22,25)/t15-/m1/s1. The molecule has 2 fully saturated rings. The number of pyridine rings is 1. The molecule has 0 saturated carbocycles. The van der Waals surface area contributed by atoms with Gasteiger partial charge >= 0.3 is 11.8 Å². The van der Waals surface area contributed by atoms with Crippen molar-refractivity contribution in [2.24, 2.45) is 0 Å². The molecule has 0 bridgehead atoms. The number of hydrogen-bond donors (Lipinski definition) is 1. The molecule has 152 valence electrons. The zero-order valence-electron chi connectivity index (χ0n) is 16.7. The zero-order chi connectivity index (χ0) is 19.9. The van der Waals surface area contributed by atoms with Crippen molar-refractivity contribution in [3.8, 4) is 0 Å². The number of hydrogen-bond acceptors (Lipinski definition) is 5. The van der Waals surface area contributed by atoms with Crippen molar-refractivity contribution in [2.45, 2.75) is 57.6 Å². The van der Waals surface area contributed by atoms with Crippen LogP contribution in [0.4, 0.5) is 4.79 Å². The van der Waals surface area contributed by atoms with E-state index in [2.05, 4.69) is 16.0 Å². The second-order valence-electron chi connectivity index (χ2n) is 8.69. The summed E-state index contributed by atoms with van der Waals surface area (Å²) < 4.78 is 12.7. The van der Waals surface area contributed by atoms with Crippen molar-refractivity contribution in [1.82, 2.24) is 19.4 Å². The summed E-state index contributed by atoms with van der Waals surface area (Å²) in [6, 6.07) is 1.99. The van der Waals surface area contributed by atoms with Gasteiger partial charge in [0.1, 0.15) is 5.60 Å². The molecule has 4 rings (SSSR count). The third-order valence-corrected chi connectivity index (χ3v) is 5.47. The van der Waals surface area contributed by atoms with E-state index in [9.17, 15) is 9.59 Å². The fourth-order valence-corrected chi connectivity index (χ4v) is 4.08. The normalized spacial score (nSPS) is 21.4. The molecule has 0 unspecified atom stereocenters. The summed E-state index contributed by atoms with van der Waals surface area (Å²) in [5.74, 6) is 0.408. The number of amides is 1. The molecule has 0 aromatic carbocycles. The highest BCUT2D eigenvalue weighted by Crippen LogP contribution is 2.30. The average Bonchev–Trinajstić information content (AvgIpc) is 3.24. The lowest BCUT2D eigenvalue weighted by Gasteiger charge is -2.24. The lowest BCUT2D eigenvalue weighted by Crippen LogP contribution is -2.36. The molecule has 2 aliphatic rings. The lowest BCUT2D eigenvalue weighted by molar-refractivity contribution is 0.0289. The highest BCUT2D eigenvalue weighted by molar-refractivity contribution is 5.72. The van der Waals surface area contributed by atoms with E-state index < -0.39 is 5.60 Å². The minimum Gasteiger partial charge on any atom is -0.444 e.